The van der Waals surface area contributed by atoms with Crippen molar-refractivity contribution in [2.75, 3.05) is 5.32 Å². The van der Waals surface area contributed by atoms with Gasteiger partial charge in [0.1, 0.15) is 5.82 Å². The Balaban J connectivity index is 1.79. The zero-order valence-electron chi connectivity index (χ0n) is 16.3. The normalized spacial score (nSPS) is 11.5. The van der Waals surface area contributed by atoms with Gasteiger partial charge in [0.05, 0.1) is 16.9 Å². The van der Waals surface area contributed by atoms with Crippen molar-refractivity contribution in [1.82, 2.24) is 19.6 Å². The number of amides is 1. The molecular weight excluding hydrogens is 409 g/mol. The lowest BCUT2D eigenvalue weighted by molar-refractivity contribution is -0.137. The zero-order valence-corrected chi connectivity index (χ0v) is 16.3. The number of para-hydroxylation sites is 1. The monoisotopic (exact) mass is 426 g/mol. The lowest BCUT2D eigenvalue weighted by Crippen LogP contribution is -2.12. The van der Waals surface area contributed by atoms with Crippen molar-refractivity contribution < 1.29 is 18.0 Å². The predicted octanol–water partition coefficient (Wildman–Crippen LogP) is 4.13. The lowest BCUT2D eigenvalue weighted by atomic mass is 10.0. The maximum atomic E-state index is 13.6. The molecule has 2 heterocycles. The highest BCUT2D eigenvalue weighted by molar-refractivity contribution is 5.92. The number of halogens is 3. The number of nitrogens with two attached hydrogens (primary N) is 1. The second kappa shape index (κ2) is 7.63. The number of hydrogen-bond donors (Lipinski definition) is 2. The van der Waals surface area contributed by atoms with Gasteiger partial charge in [0.2, 0.25) is 0 Å². The van der Waals surface area contributed by atoms with Crippen LogP contribution in [-0.4, -0.2) is 25.5 Å². The molecule has 158 valence electrons. The van der Waals surface area contributed by atoms with Crippen molar-refractivity contribution in [2.24, 2.45) is 12.8 Å². The topological polar surface area (TPSA) is 90.8 Å². The minimum absolute atomic E-state index is 0.0169. The first-order valence-corrected chi connectivity index (χ1v) is 9.16. The molecule has 0 saturated carbocycles. The minimum atomic E-state index is -4.55. The van der Waals surface area contributed by atoms with Crippen molar-refractivity contribution in [3.63, 3.8) is 0 Å². The second-order valence-corrected chi connectivity index (χ2v) is 6.78. The number of rotatable bonds is 5. The fraction of sp³-hybridized carbons (Fsp3) is 0.0952. The molecule has 0 fully saturated rings. The molecule has 0 saturated heterocycles. The van der Waals surface area contributed by atoms with E-state index in [1.54, 1.807) is 37.5 Å². The van der Waals surface area contributed by atoms with Crippen LogP contribution in [0, 0.1) is 0 Å². The average Bonchev–Trinajstić information content (AvgIpc) is 3.34. The molecule has 0 radical (unpaired) electrons. The van der Waals surface area contributed by atoms with E-state index < -0.39 is 17.6 Å². The highest BCUT2D eigenvalue weighted by Crippen LogP contribution is 2.38. The van der Waals surface area contributed by atoms with Crippen LogP contribution in [0.2, 0.25) is 0 Å². The number of carbonyl (C=O) groups excluding carboxylic acids is 1. The van der Waals surface area contributed by atoms with E-state index in [1.807, 2.05) is 6.07 Å². The van der Waals surface area contributed by atoms with Gasteiger partial charge >= 0.3 is 6.18 Å². The van der Waals surface area contributed by atoms with Crippen LogP contribution in [0.15, 0.2) is 66.9 Å². The van der Waals surface area contributed by atoms with Crippen LogP contribution in [0.3, 0.4) is 0 Å². The van der Waals surface area contributed by atoms with Crippen LogP contribution in [0.1, 0.15) is 16.1 Å². The highest BCUT2D eigenvalue weighted by Gasteiger charge is 2.34. The lowest BCUT2D eigenvalue weighted by Gasteiger charge is -2.15. The fourth-order valence-corrected chi connectivity index (χ4v) is 3.14. The number of benzene rings is 2. The maximum Gasteiger partial charge on any atom is 0.417 e. The fourth-order valence-electron chi connectivity index (χ4n) is 3.14. The van der Waals surface area contributed by atoms with E-state index in [0.717, 1.165) is 6.07 Å². The summed E-state index contributed by atoms with van der Waals surface area (Å²) in [6, 6.07) is 15.6. The van der Waals surface area contributed by atoms with Gasteiger partial charge in [-0.25, -0.2) is 4.68 Å². The summed E-state index contributed by atoms with van der Waals surface area (Å²) in [4.78, 5) is 11.6. The van der Waals surface area contributed by atoms with Gasteiger partial charge in [0.25, 0.3) is 5.91 Å². The number of carbonyl (C=O) groups is 1. The molecular formula is C21H17F3N6O. The number of aryl methyl sites for hydroxylation is 1. The first-order valence-electron chi connectivity index (χ1n) is 9.16. The summed E-state index contributed by atoms with van der Waals surface area (Å²) >= 11 is 0. The second-order valence-electron chi connectivity index (χ2n) is 6.78. The van der Waals surface area contributed by atoms with Crippen molar-refractivity contribution >= 4 is 17.4 Å². The molecule has 2 aromatic heterocycles. The molecule has 4 rings (SSSR count). The molecule has 4 aromatic rings. The first kappa shape index (κ1) is 20.2. The Hall–Kier alpha value is -4.08. The van der Waals surface area contributed by atoms with Crippen molar-refractivity contribution in [1.29, 1.82) is 0 Å². The summed E-state index contributed by atoms with van der Waals surface area (Å²) in [5.41, 5.74) is 5.70. The standard InChI is InChI=1S/C21H17F3N6O/c1-29-10-9-17(27-29)15-11-13(7-8-16(15)21(22,23)24)26-19-12-18(20(25)31)28-30(19)14-5-3-2-4-6-14/h2-12,26H,1H3,(H2,25,31). The van der Waals surface area contributed by atoms with Gasteiger partial charge in [-0.1, -0.05) is 18.2 Å². The Morgan fingerprint density at radius 3 is 2.39 bits per heavy atom. The first-order chi connectivity index (χ1) is 14.7. The van der Waals surface area contributed by atoms with Gasteiger partial charge < -0.3 is 11.1 Å². The summed E-state index contributed by atoms with van der Waals surface area (Å²) in [7, 11) is 1.63. The third-order valence-corrected chi connectivity index (χ3v) is 4.55. The van der Waals surface area contributed by atoms with Crippen LogP contribution in [0.5, 0.6) is 0 Å². The third kappa shape index (κ3) is 4.13. The summed E-state index contributed by atoms with van der Waals surface area (Å²) in [6.07, 6.45) is -2.98. The Labute approximate surface area is 174 Å². The van der Waals surface area contributed by atoms with Gasteiger partial charge in [-0.15, -0.1) is 0 Å². The van der Waals surface area contributed by atoms with E-state index in [0.29, 0.717) is 17.2 Å². The molecule has 0 aliphatic rings. The van der Waals surface area contributed by atoms with E-state index >= 15 is 0 Å². The number of primary amides is 1. The zero-order chi connectivity index (χ0) is 22.2. The summed E-state index contributed by atoms with van der Waals surface area (Å²) in [5.74, 6) is -0.356. The molecule has 31 heavy (non-hydrogen) atoms. The van der Waals surface area contributed by atoms with Crippen LogP contribution in [-0.2, 0) is 13.2 Å². The average molecular weight is 426 g/mol. The molecule has 0 atom stereocenters. The molecule has 10 heteroatoms. The Morgan fingerprint density at radius 2 is 1.77 bits per heavy atom. The maximum absolute atomic E-state index is 13.6. The number of aromatic nitrogens is 4. The number of nitrogens with zero attached hydrogens (tertiary/aromatic N) is 4. The molecule has 0 aliphatic heterocycles. The molecule has 0 aliphatic carbocycles. The largest absolute Gasteiger partial charge is 0.417 e. The van der Waals surface area contributed by atoms with Crippen molar-refractivity contribution in [2.45, 2.75) is 6.18 Å². The highest BCUT2D eigenvalue weighted by atomic mass is 19.4. The Kier molecular flexibility index (Phi) is 4.97. The summed E-state index contributed by atoms with van der Waals surface area (Å²) < 4.78 is 43.6. The Bertz CT molecular complexity index is 1240. The number of alkyl halides is 3. The molecule has 7 nitrogen and oxygen atoms in total. The molecule has 1 amide bonds. The predicted molar refractivity (Wildman–Crippen MR) is 109 cm³/mol. The molecule has 0 spiro atoms. The van der Waals surface area contributed by atoms with E-state index in [-0.39, 0.29) is 17.0 Å². The van der Waals surface area contributed by atoms with Crippen molar-refractivity contribution in [3.05, 3.63) is 78.1 Å². The van der Waals surface area contributed by atoms with Crippen LogP contribution in [0.25, 0.3) is 16.9 Å². The summed E-state index contributed by atoms with van der Waals surface area (Å²) in [5, 5.41) is 11.3. The van der Waals surface area contributed by atoms with Gasteiger partial charge in [-0.3, -0.25) is 9.48 Å². The van der Waals surface area contributed by atoms with E-state index in [1.165, 1.54) is 33.6 Å². The van der Waals surface area contributed by atoms with E-state index in [2.05, 4.69) is 15.5 Å². The molecule has 0 unspecified atom stereocenters. The quantitative estimate of drug-likeness (QED) is 0.502. The van der Waals surface area contributed by atoms with Crippen molar-refractivity contribution in [3.8, 4) is 16.9 Å². The third-order valence-electron chi connectivity index (χ3n) is 4.55. The van der Waals surface area contributed by atoms with Crippen LogP contribution in [0.4, 0.5) is 24.7 Å². The Morgan fingerprint density at radius 1 is 1.03 bits per heavy atom. The van der Waals surface area contributed by atoms with Gasteiger partial charge in [0, 0.05) is 30.6 Å². The SMILES string of the molecule is Cn1ccc(-c2cc(Nc3cc(C(N)=O)nn3-c3ccccc3)ccc2C(F)(F)F)n1. The molecule has 0 bridgehead atoms. The van der Waals surface area contributed by atoms with Crippen LogP contribution < -0.4 is 11.1 Å². The van der Waals surface area contributed by atoms with E-state index in [9.17, 15) is 18.0 Å². The smallest absolute Gasteiger partial charge is 0.364 e. The molecule has 3 N–H and O–H groups in total. The van der Waals surface area contributed by atoms with Gasteiger partial charge in [0.15, 0.2) is 5.69 Å². The number of anilines is 2. The number of hydrogen-bond acceptors (Lipinski definition) is 4. The van der Waals surface area contributed by atoms with E-state index in [4.69, 9.17) is 5.73 Å². The minimum Gasteiger partial charge on any atom is -0.364 e. The number of nitrogens with one attached hydrogen (secondary N) is 1. The molecule has 2 aromatic carbocycles. The van der Waals surface area contributed by atoms with Crippen LogP contribution >= 0.6 is 0 Å². The van der Waals surface area contributed by atoms with Gasteiger partial charge in [-0.2, -0.15) is 23.4 Å². The van der Waals surface area contributed by atoms with Gasteiger partial charge in [-0.05, 0) is 36.4 Å². The summed E-state index contributed by atoms with van der Waals surface area (Å²) in [6.45, 7) is 0.